The van der Waals surface area contributed by atoms with E-state index in [1.54, 1.807) is 23.1 Å². The van der Waals surface area contributed by atoms with Gasteiger partial charge in [-0.15, -0.1) is 0 Å². The molecule has 1 saturated heterocycles. The van der Waals surface area contributed by atoms with Crippen LogP contribution in [0.2, 0.25) is 0 Å². The number of aromatic nitrogens is 4. The number of carbonyl (C=O) groups excluding carboxylic acids is 2. The summed E-state index contributed by atoms with van der Waals surface area (Å²) in [6.07, 6.45) is 4.72. The zero-order chi connectivity index (χ0) is 21.9. The number of hydrogen-bond donors (Lipinski definition) is 4. The van der Waals surface area contributed by atoms with Crippen molar-refractivity contribution < 1.29 is 19.8 Å². The minimum atomic E-state index is -2.03. The lowest BCUT2D eigenvalue weighted by atomic mass is 10.1. The number of aliphatic hydroxyl groups is 2. The zero-order valence-electron chi connectivity index (χ0n) is 16.5. The van der Waals surface area contributed by atoms with Gasteiger partial charge in [-0.3, -0.25) is 19.2 Å². The summed E-state index contributed by atoms with van der Waals surface area (Å²) in [5, 5.41) is 37.7. The number of nitriles is 1. The molecule has 0 unspecified atom stereocenters. The first-order valence-corrected chi connectivity index (χ1v) is 9.17. The summed E-state index contributed by atoms with van der Waals surface area (Å²) in [5.41, 5.74) is -2.01. The van der Waals surface area contributed by atoms with Crippen molar-refractivity contribution in [3.8, 4) is 6.07 Å². The average molecular weight is 414 g/mol. The maximum Gasteiger partial charge on any atom is 0.275 e. The van der Waals surface area contributed by atoms with Crippen LogP contribution >= 0.6 is 0 Å². The number of hydrogen-bond acceptors (Lipinski definition) is 9. The van der Waals surface area contributed by atoms with E-state index in [1.807, 2.05) is 13.8 Å². The fourth-order valence-corrected chi connectivity index (χ4v) is 2.89. The highest BCUT2D eigenvalue weighted by Crippen LogP contribution is 2.27. The highest BCUT2D eigenvalue weighted by molar-refractivity contribution is 6.03. The van der Waals surface area contributed by atoms with E-state index in [-0.39, 0.29) is 31.3 Å². The maximum absolute atomic E-state index is 12.3. The van der Waals surface area contributed by atoms with E-state index < -0.39 is 29.6 Å². The van der Waals surface area contributed by atoms with E-state index in [1.165, 1.54) is 17.2 Å². The largest absolute Gasteiger partial charge is 0.387 e. The van der Waals surface area contributed by atoms with Gasteiger partial charge >= 0.3 is 0 Å². The van der Waals surface area contributed by atoms with Crippen molar-refractivity contribution in [2.75, 3.05) is 29.9 Å². The smallest absolute Gasteiger partial charge is 0.275 e. The number of amides is 2. The first-order valence-electron chi connectivity index (χ1n) is 9.17. The molecule has 3 heterocycles. The second-order valence-corrected chi connectivity index (χ2v) is 7.46. The third-order valence-electron chi connectivity index (χ3n) is 4.72. The van der Waals surface area contributed by atoms with Crippen LogP contribution in [-0.2, 0) is 15.1 Å². The number of anilines is 3. The average Bonchev–Trinajstić information content (AvgIpc) is 3.32. The van der Waals surface area contributed by atoms with Crippen molar-refractivity contribution in [1.82, 2.24) is 25.1 Å². The lowest BCUT2D eigenvalue weighted by Crippen LogP contribution is -2.42. The lowest BCUT2D eigenvalue weighted by molar-refractivity contribution is -0.128. The van der Waals surface area contributed by atoms with Crippen LogP contribution < -0.4 is 15.5 Å². The topological polar surface area (TPSA) is 169 Å². The molecule has 2 amide bonds. The fraction of sp³-hybridized carbons (Fsp3) is 0.444. The molecule has 0 radical (unpaired) electrons. The van der Waals surface area contributed by atoms with E-state index in [4.69, 9.17) is 10.4 Å². The molecule has 0 aliphatic carbocycles. The summed E-state index contributed by atoms with van der Waals surface area (Å²) < 4.78 is 1.65. The second kappa shape index (κ2) is 8.05. The monoisotopic (exact) mass is 414 g/mol. The molecule has 1 fully saturated rings. The molecule has 30 heavy (non-hydrogen) atoms. The maximum atomic E-state index is 12.3. The number of nitrogens with zero attached hydrogens (tertiary/aromatic N) is 6. The van der Waals surface area contributed by atoms with Crippen LogP contribution in [0.1, 0.15) is 20.3 Å². The van der Waals surface area contributed by atoms with Gasteiger partial charge in [0.05, 0.1) is 17.4 Å². The molecule has 12 heteroatoms. The predicted molar refractivity (Wildman–Crippen MR) is 104 cm³/mol. The Morgan fingerprint density at radius 2 is 2.23 bits per heavy atom. The molecule has 0 spiro atoms. The number of rotatable bonds is 7. The summed E-state index contributed by atoms with van der Waals surface area (Å²) in [6, 6.07) is 3.15. The fourth-order valence-electron chi connectivity index (χ4n) is 2.89. The molecule has 1 atom stereocenters. The van der Waals surface area contributed by atoms with Crippen molar-refractivity contribution in [2.45, 2.75) is 31.4 Å². The van der Waals surface area contributed by atoms with E-state index in [9.17, 15) is 14.7 Å². The van der Waals surface area contributed by atoms with E-state index >= 15 is 0 Å². The van der Waals surface area contributed by atoms with Crippen molar-refractivity contribution in [3.63, 3.8) is 0 Å². The van der Waals surface area contributed by atoms with Crippen LogP contribution in [0.25, 0.3) is 0 Å². The molecule has 12 nitrogen and oxygen atoms in total. The molecule has 0 bridgehead atoms. The normalized spacial score (nSPS) is 18.9. The Kier molecular flexibility index (Phi) is 5.68. The van der Waals surface area contributed by atoms with Gasteiger partial charge in [0.15, 0.2) is 0 Å². The van der Waals surface area contributed by atoms with Crippen molar-refractivity contribution in [3.05, 3.63) is 24.7 Å². The van der Waals surface area contributed by atoms with E-state index in [2.05, 4.69) is 25.7 Å². The first-order chi connectivity index (χ1) is 14.2. The molecule has 1 aliphatic heterocycles. The Labute approximate surface area is 172 Å². The summed E-state index contributed by atoms with van der Waals surface area (Å²) in [7, 11) is 0. The van der Waals surface area contributed by atoms with Crippen molar-refractivity contribution >= 4 is 29.3 Å². The molecule has 1 aliphatic rings. The minimum Gasteiger partial charge on any atom is -0.387 e. The Bertz CT molecular complexity index is 998. The molecule has 2 aromatic rings. The highest BCUT2D eigenvalue weighted by Gasteiger charge is 2.46. The Morgan fingerprint density at radius 1 is 1.47 bits per heavy atom. The molecule has 2 aromatic heterocycles. The Balaban J connectivity index is 1.71. The van der Waals surface area contributed by atoms with Gasteiger partial charge in [0.2, 0.25) is 17.5 Å². The van der Waals surface area contributed by atoms with E-state index in [0.29, 0.717) is 5.69 Å². The molecule has 4 N–H and O–H groups in total. The molecule has 158 valence electrons. The standard InChI is InChI=1S/C18H22N8O4/c1-17(2,11-21-14(28)9-27)26-8-12(7-22-26)23-16-20-5-3-13(24-16)25-6-4-18(30,10-19)15(25)29/h3,5,7-8,27,30H,4,6,9,11H2,1-2H3,(H,21,28)(H,20,23,24)/t18-/m0/s1. The Morgan fingerprint density at radius 3 is 2.90 bits per heavy atom. The highest BCUT2D eigenvalue weighted by atomic mass is 16.3. The summed E-state index contributed by atoms with van der Waals surface area (Å²) in [5.74, 6) is -0.713. The molecule has 0 saturated carbocycles. The Hall–Kier alpha value is -3.56. The van der Waals surface area contributed by atoms with Gasteiger partial charge in [-0.1, -0.05) is 0 Å². The summed E-state index contributed by atoms with van der Waals surface area (Å²) >= 11 is 0. The van der Waals surface area contributed by atoms with Crippen molar-refractivity contribution in [1.29, 1.82) is 5.26 Å². The first kappa shape index (κ1) is 21.2. The third kappa shape index (κ3) is 4.22. The van der Waals surface area contributed by atoms with Gasteiger partial charge in [0.1, 0.15) is 18.5 Å². The lowest BCUT2D eigenvalue weighted by Gasteiger charge is -2.25. The zero-order valence-corrected chi connectivity index (χ0v) is 16.5. The van der Waals surface area contributed by atoms with Gasteiger partial charge in [-0.05, 0) is 19.9 Å². The van der Waals surface area contributed by atoms with Crippen LogP contribution in [-0.4, -0.2) is 67.1 Å². The number of nitrogens with one attached hydrogen (secondary N) is 2. The predicted octanol–water partition coefficient (Wildman–Crippen LogP) is -0.748. The van der Waals surface area contributed by atoms with Crippen LogP contribution in [0.5, 0.6) is 0 Å². The van der Waals surface area contributed by atoms with Gasteiger partial charge in [0, 0.05) is 31.9 Å². The summed E-state index contributed by atoms with van der Waals surface area (Å²) in [4.78, 5) is 33.2. The third-order valence-corrected chi connectivity index (χ3v) is 4.72. The quantitative estimate of drug-likeness (QED) is 0.426. The SMILES string of the molecule is CC(C)(CNC(=O)CO)n1cc(Nc2nccc(N3CC[C@](O)(C#N)C3=O)n2)cn1. The van der Waals surface area contributed by atoms with Crippen LogP contribution in [0.15, 0.2) is 24.7 Å². The number of aliphatic hydroxyl groups excluding tert-OH is 1. The molecule has 0 aromatic carbocycles. The van der Waals surface area contributed by atoms with Crippen LogP contribution in [0.4, 0.5) is 17.5 Å². The van der Waals surface area contributed by atoms with Gasteiger partial charge in [0.25, 0.3) is 5.91 Å². The molecular formula is C18H22N8O4. The van der Waals surface area contributed by atoms with Crippen molar-refractivity contribution in [2.24, 2.45) is 0 Å². The van der Waals surface area contributed by atoms with E-state index in [0.717, 1.165) is 0 Å². The van der Waals surface area contributed by atoms with Crippen LogP contribution in [0, 0.1) is 11.3 Å². The van der Waals surface area contributed by atoms with Gasteiger partial charge in [-0.2, -0.15) is 15.3 Å². The second-order valence-electron chi connectivity index (χ2n) is 7.46. The molecular weight excluding hydrogens is 392 g/mol. The minimum absolute atomic E-state index is 0.00374. The van der Waals surface area contributed by atoms with Gasteiger partial charge < -0.3 is 20.8 Å². The van der Waals surface area contributed by atoms with Crippen LogP contribution in [0.3, 0.4) is 0 Å². The number of carbonyl (C=O) groups is 2. The molecule has 3 rings (SSSR count). The van der Waals surface area contributed by atoms with Gasteiger partial charge in [-0.25, -0.2) is 4.98 Å². The summed E-state index contributed by atoms with van der Waals surface area (Å²) in [6.45, 7) is 3.59.